The number of amides is 3. The van der Waals surface area contributed by atoms with Gasteiger partial charge < -0.3 is 25.1 Å². The molecular formula is C22H19F3N4O4. The van der Waals surface area contributed by atoms with E-state index in [2.05, 4.69) is 20.9 Å². The summed E-state index contributed by atoms with van der Waals surface area (Å²) in [6, 6.07) is 4.05. The van der Waals surface area contributed by atoms with Crippen LogP contribution in [0.25, 0.3) is 11.1 Å². The predicted molar refractivity (Wildman–Crippen MR) is 109 cm³/mol. The molecule has 172 valence electrons. The molecule has 1 aliphatic carbocycles. The fraction of sp³-hybridized carbons (Fsp3) is 0.318. The fourth-order valence-electron chi connectivity index (χ4n) is 4.10. The molecule has 0 bridgehead atoms. The van der Waals surface area contributed by atoms with E-state index in [1.165, 1.54) is 25.3 Å². The van der Waals surface area contributed by atoms with Crippen LogP contribution in [0.3, 0.4) is 0 Å². The molecule has 0 spiro atoms. The molecule has 8 nitrogen and oxygen atoms in total. The third-order valence-electron chi connectivity index (χ3n) is 5.99. The molecule has 11 heteroatoms. The summed E-state index contributed by atoms with van der Waals surface area (Å²) in [7, 11) is 1.28. The number of rotatable bonds is 5. The number of methoxy groups -OCH3 is 1. The van der Waals surface area contributed by atoms with Crippen LogP contribution in [0.2, 0.25) is 0 Å². The van der Waals surface area contributed by atoms with Crippen LogP contribution in [-0.2, 0) is 10.3 Å². The minimum atomic E-state index is -1.20. The van der Waals surface area contributed by atoms with Gasteiger partial charge in [-0.05, 0) is 25.0 Å². The number of carbonyl (C=O) groups excluding carboxylic acids is 2. The van der Waals surface area contributed by atoms with Crippen molar-refractivity contribution in [2.75, 3.05) is 13.7 Å². The first-order chi connectivity index (χ1) is 15.8. The van der Waals surface area contributed by atoms with Gasteiger partial charge in [-0.15, -0.1) is 0 Å². The molecule has 3 aromatic rings. The Balaban J connectivity index is 1.35. The molecule has 1 aromatic heterocycles. The summed E-state index contributed by atoms with van der Waals surface area (Å²) in [6.45, 7) is -0.0498. The van der Waals surface area contributed by atoms with Crippen molar-refractivity contribution >= 4 is 23.0 Å². The maximum absolute atomic E-state index is 14.6. The highest BCUT2D eigenvalue weighted by Crippen LogP contribution is 2.46. The van der Waals surface area contributed by atoms with Crippen LogP contribution in [0.15, 0.2) is 34.7 Å². The Morgan fingerprint density at radius 2 is 1.94 bits per heavy atom. The van der Waals surface area contributed by atoms with Gasteiger partial charge in [-0.1, -0.05) is 0 Å². The molecule has 0 unspecified atom stereocenters. The van der Waals surface area contributed by atoms with Crippen molar-refractivity contribution < 1.29 is 31.9 Å². The second-order valence-corrected chi connectivity index (χ2v) is 8.15. The van der Waals surface area contributed by atoms with E-state index in [9.17, 15) is 22.8 Å². The zero-order chi connectivity index (χ0) is 23.3. The largest absolute Gasteiger partial charge is 0.497 e. The molecule has 2 fully saturated rings. The van der Waals surface area contributed by atoms with Crippen molar-refractivity contribution in [2.24, 2.45) is 0 Å². The van der Waals surface area contributed by atoms with Gasteiger partial charge in [-0.25, -0.2) is 22.9 Å². The van der Waals surface area contributed by atoms with Gasteiger partial charge in [0.2, 0.25) is 11.8 Å². The van der Waals surface area contributed by atoms with Crippen LogP contribution in [0, 0.1) is 17.5 Å². The Morgan fingerprint density at radius 1 is 1.21 bits per heavy atom. The van der Waals surface area contributed by atoms with Crippen molar-refractivity contribution in [3.05, 3.63) is 59.2 Å². The summed E-state index contributed by atoms with van der Waals surface area (Å²) in [5, 5.41) is 7.78. The van der Waals surface area contributed by atoms with E-state index in [1.807, 2.05) is 0 Å². The predicted octanol–water partition coefficient (Wildman–Crippen LogP) is 2.82. The number of nitrogens with zero attached hydrogens (tertiary/aromatic N) is 1. The van der Waals surface area contributed by atoms with E-state index >= 15 is 0 Å². The number of ether oxygens (including phenoxy) is 1. The average molecular weight is 460 g/mol. The van der Waals surface area contributed by atoms with E-state index in [0.717, 1.165) is 12.1 Å². The summed E-state index contributed by atoms with van der Waals surface area (Å²) >= 11 is 0. The number of urea groups is 1. The molecule has 1 saturated carbocycles. The zero-order valence-corrected chi connectivity index (χ0v) is 17.4. The smallest absolute Gasteiger partial charge is 0.316 e. The number of halogens is 3. The van der Waals surface area contributed by atoms with E-state index in [0.29, 0.717) is 18.4 Å². The summed E-state index contributed by atoms with van der Waals surface area (Å²) < 4.78 is 53.1. The molecule has 2 aliphatic rings. The van der Waals surface area contributed by atoms with Gasteiger partial charge >= 0.3 is 6.03 Å². The SMILES string of the molecule is COc1cc(F)c([C@@H]2CNC(=O)[C@H]2NC(=O)NC2(c3nc4ccc(F)cc4o3)CC2)c(F)c1. The second kappa shape index (κ2) is 7.68. The van der Waals surface area contributed by atoms with Gasteiger partial charge in [0, 0.05) is 36.2 Å². The quantitative estimate of drug-likeness (QED) is 0.543. The second-order valence-electron chi connectivity index (χ2n) is 8.15. The average Bonchev–Trinajstić information content (AvgIpc) is 3.28. The molecule has 33 heavy (non-hydrogen) atoms. The van der Waals surface area contributed by atoms with E-state index in [4.69, 9.17) is 9.15 Å². The summed E-state index contributed by atoms with van der Waals surface area (Å²) in [6.07, 6.45) is 1.05. The third kappa shape index (κ3) is 3.73. The number of nitrogens with one attached hydrogen (secondary N) is 3. The van der Waals surface area contributed by atoms with Gasteiger partial charge in [0.25, 0.3) is 0 Å². The topological polar surface area (TPSA) is 105 Å². The number of oxazole rings is 1. The molecule has 1 saturated heterocycles. The number of aromatic nitrogens is 1. The lowest BCUT2D eigenvalue weighted by Gasteiger charge is -2.22. The molecule has 3 amide bonds. The first kappa shape index (κ1) is 21.1. The van der Waals surface area contributed by atoms with Gasteiger partial charge in [0.1, 0.15) is 40.3 Å². The maximum atomic E-state index is 14.6. The minimum absolute atomic E-state index is 0.00201. The Bertz CT molecular complexity index is 1250. The number of hydrogen-bond acceptors (Lipinski definition) is 5. The van der Waals surface area contributed by atoms with Gasteiger partial charge in [0.15, 0.2) is 5.58 Å². The van der Waals surface area contributed by atoms with Crippen LogP contribution >= 0.6 is 0 Å². The molecule has 2 atom stereocenters. The first-order valence-electron chi connectivity index (χ1n) is 10.3. The first-order valence-corrected chi connectivity index (χ1v) is 10.3. The molecular weight excluding hydrogens is 441 g/mol. The summed E-state index contributed by atoms with van der Waals surface area (Å²) in [5.41, 5.74) is -0.526. The Hall–Kier alpha value is -3.76. The normalized spacial score (nSPS) is 21.0. The van der Waals surface area contributed by atoms with Crippen molar-refractivity contribution in [3.8, 4) is 5.75 Å². The highest BCUT2D eigenvalue weighted by Gasteiger charge is 2.51. The minimum Gasteiger partial charge on any atom is -0.497 e. The summed E-state index contributed by atoms with van der Waals surface area (Å²) in [5.74, 6) is -3.53. The summed E-state index contributed by atoms with van der Waals surface area (Å²) in [4.78, 5) is 29.4. The molecule has 1 aliphatic heterocycles. The Labute approximate surface area is 185 Å². The van der Waals surface area contributed by atoms with Crippen molar-refractivity contribution in [2.45, 2.75) is 30.3 Å². The zero-order valence-electron chi connectivity index (χ0n) is 17.4. The fourth-order valence-corrected chi connectivity index (χ4v) is 4.10. The van der Waals surface area contributed by atoms with Gasteiger partial charge in [0.05, 0.1) is 7.11 Å². The monoisotopic (exact) mass is 460 g/mol. The highest BCUT2D eigenvalue weighted by molar-refractivity contribution is 5.90. The lowest BCUT2D eigenvalue weighted by molar-refractivity contribution is -0.120. The van der Waals surface area contributed by atoms with Crippen molar-refractivity contribution in [1.82, 2.24) is 20.9 Å². The Morgan fingerprint density at radius 3 is 2.61 bits per heavy atom. The third-order valence-corrected chi connectivity index (χ3v) is 5.99. The van der Waals surface area contributed by atoms with Crippen LogP contribution in [0.1, 0.15) is 30.2 Å². The Kier molecular flexibility index (Phi) is 4.91. The molecule has 2 aromatic carbocycles. The van der Waals surface area contributed by atoms with Gasteiger partial charge in [-0.2, -0.15) is 0 Å². The van der Waals surface area contributed by atoms with Crippen LogP contribution < -0.4 is 20.7 Å². The van der Waals surface area contributed by atoms with Crippen LogP contribution in [0.4, 0.5) is 18.0 Å². The van der Waals surface area contributed by atoms with Crippen molar-refractivity contribution in [3.63, 3.8) is 0 Å². The number of fused-ring (bicyclic) bond motifs is 1. The molecule has 0 radical (unpaired) electrons. The van der Waals surface area contributed by atoms with Crippen LogP contribution in [0.5, 0.6) is 5.75 Å². The van der Waals surface area contributed by atoms with Crippen molar-refractivity contribution in [1.29, 1.82) is 0 Å². The lowest BCUT2D eigenvalue weighted by Crippen LogP contribution is -2.50. The lowest BCUT2D eigenvalue weighted by atomic mass is 9.93. The molecule has 3 N–H and O–H groups in total. The standard InChI is InChI=1S/C22H19F3N4O4/c1-32-11-7-13(24)17(14(25)8-11)12-9-26-19(30)18(12)28-21(31)29-22(4-5-22)20-27-15-3-2-10(23)6-16(15)33-20/h2-3,6-8,12,18H,4-5,9H2,1H3,(H,26,30)(H2,28,29,31)/t12-,18-/m0/s1. The van der Waals surface area contributed by atoms with E-state index in [-0.39, 0.29) is 29.3 Å². The van der Waals surface area contributed by atoms with Crippen LogP contribution in [-0.4, -0.2) is 36.6 Å². The van der Waals surface area contributed by atoms with E-state index < -0.39 is 46.9 Å². The number of hydrogen-bond donors (Lipinski definition) is 3. The molecule has 5 rings (SSSR count). The number of benzene rings is 2. The number of carbonyl (C=O) groups is 2. The van der Waals surface area contributed by atoms with E-state index in [1.54, 1.807) is 0 Å². The van der Waals surface area contributed by atoms with Gasteiger partial charge in [-0.3, -0.25) is 4.79 Å². The molecule has 2 heterocycles. The highest BCUT2D eigenvalue weighted by atomic mass is 19.1. The maximum Gasteiger partial charge on any atom is 0.316 e.